The van der Waals surface area contributed by atoms with Crippen LogP contribution in [0.25, 0.3) is 0 Å². The van der Waals surface area contributed by atoms with Crippen molar-refractivity contribution in [2.45, 2.75) is 20.3 Å². The molecule has 16 heavy (non-hydrogen) atoms. The van der Waals surface area contributed by atoms with Crippen molar-refractivity contribution in [3.63, 3.8) is 0 Å². The van der Waals surface area contributed by atoms with Gasteiger partial charge in [-0.15, -0.1) is 0 Å². The third-order valence-corrected chi connectivity index (χ3v) is 2.72. The van der Waals surface area contributed by atoms with E-state index >= 15 is 0 Å². The maximum atomic E-state index is 12.9. The molecule has 0 atom stereocenters. The molecule has 2 nitrogen and oxygen atoms in total. The number of rotatable bonds is 4. The Labute approximate surface area is 99.6 Å². The summed E-state index contributed by atoms with van der Waals surface area (Å²) < 4.78 is 12.9. The van der Waals surface area contributed by atoms with E-state index in [1.54, 1.807) is 0 Å². The van der Waals surface area contributed by atoms with Crippen LogP contribution >= 0.6 is 11.6 Å². The quantitative estimate of drug-likeness (QED) is 0.826. The van der Waals surface area contributed by atoms with Gasteiger partial charge in [0.1, 0.15) is 5.82 Å². The lowest BCUT2D eigenvalue weighted by Gasteiger charge is -2.21. The van der Waals surface area contributed by atoms with Gasteiger partial charge in [-0.2, -0.15) is 0 Å². The van der Waals surface area contributed by atoms with E-state index in [4.69, 9.17) is 17.3 Å². The molecule has 0 radical (unpaired) electrons. The summed E-state index contributed by atoms with van der Waals surface area (Å²) in [6, 6.07) is 3.99. The van der Waals surface area contributed by atoms with E-state index in [9.17, 15) is 9.18 Å². The standard InChI is InChI=1S/C12H15ClFNO/c1-12(2,7-15)6-11(16)8-3-4-10(14)9(13)5-8/h3-5H,6-7,15H2,1-2H3. The molecule has 2 N–H and O–H groups in total. The van der Waals surface area contributed by atoms with Gasteiger partial charge in [0, 0.05) is 12.0 Å². The SMILES string of the molecule is CC(C)(CN)CC(=O)c1ccc(F)c(Cl)c1. The van der Waals surface area contributed by atoms with Crippen molar-refractivity contribution >= 4 is 17.4 Å². The van der Waals surface area contributed by atoms with Crippen molar-refractivity contribution in [2.24, 2.45) is 11.1 Å². The first-order valence-corrected chi connectivity index (χ1v) is 5.42. The van der Waals surface area contributed by atoms with E-state index < -0.39 is 5.82 Å². The van der Waals surface area contributed by atoms with Crippen molar-refractivity contribution < 1.29 is 9.18 Å². The van der Waals surface area contributed by atoms with Gasteiger partial charge in [-0.1, -0.05) is 25.4 Å². The Bertz CT molecular complexity index is 404. The molecule has 0 unspecified atom stereocenters. The zero-order chi connectivity index (χ0) is 12.3. The normalized spacial score (nSPS) is 11.6. The third-order valence-electron chi connectivity index (χ3n) is 2.43. The van der Waals surface area contributed by atoms with Crippen molar-refractivity contribution in [1.29, 1.82) is 0 Å². The summed E-state index contributed by atoms with van der Waals surface area (Å²) in [6.07, 6.45) is 0.325. The van der Waals surface area contributed by atoms with Crippen molar-refractivity contribution in [1.82, 2.24) is 0 Å². The Morgan fingerprint density at radius 3 is 2.62 bits per heavy atom. The molecule has 4 heteroatoms. The van der Waals surface area contributed by atoms with Crippen LogP contribution in [0.3, 0.4) is 0 Å². The summed E-state index contributed by atoms with van der Waals surface area (Å²) in [4.78, 5) is 11.8. The molecule has 0 fully saturated rings. The molecule has 0 spiro atoms. The van der Waals surface area contributed by atoms with Crippen LogP contribution < -0.4 is 5.73 Å². The van der Waals surface area contributed by atoms with Gasteiger partial charge in [0.25, 0.3) is 0 Å². The fourth-order valence-corrected chi connectivity index (χ4v) is 1.46. The minimum absolute atomic E-state index is 0.0311. The molecule has 0 aliphatic rings. The molecule has 0 aliphatic carbocycles. The first-order valence-electron chi connectivity index (χ1n) is 5.04. The lowest BCUT2D eigenvalue weighted by Crippen LogP contribution is -2.26. The Hall–Kier alpha value is -0.930. The number of nitrogens with two attached hydrogens (primary N) is 1. The molecule has 88 valence electrons. The first kappa shape index (κ1) is 13.1. The molecule has 0 saturated carbocycles. The average Bonchev–Trinajstić information content (AvgIpc) is 2.21. The van der Waals surface area contributed by atoms with Crippen molar-refractivity contribution in [2.75, 3.05) is 6.54 Å². The third kappa shape index (κ3) is 3.29. The monoisotopic (exact) mass is 243 g/mol. The Morgan fingerprint density at radius 2 is 2.12 bits per heavy atom. The number of hydrogen-bond acceptors (Lipinski definition) is 2. The Balaban J connectivity index is 2.85. The minimum atomic E-state index is -0.517. The highest BCUT2D eigenvalue weighted by Gasteiger charge is 2.21. The van der Waals surface area contributed by atoms with E-state index in [2.05, 4.69) is 0 Å². The number of carbonyl (C=O) groups excluding carboxylic acids is 1. The average molecular weight is 244 g/mol. The highest BCUT2D eigenvalue weighted by atomic mass is 35.5. The Kier molecular flexibility index (Phi) is 4.05. The number of benzene rings is 1. The van der Waals surface area contributed by atoms with Crippen LogP contribution in [0.15, 0.2) is 18.2 Å². The lowest BCUT2D eigenvalue weighted by molar-refractivity contribution is 0.0935. The molecule has 1 aromatic rings. The summed E-state index contributed by atoms with van der Waals surface area (Å²) in [5.74, 6) is -0.589. The first-order chi connectivity index (χ1) is 7.35. The van der Waals surface area contributed by atoms with Crippen LogP contribution in [0.4, 0.5) is 4.39 Å². The van der Waals surface area contributed by atoms with Crippen LogP contribution in [0, 0.1) is 11.2 Å². The highest BCUT2D eigenvalue weighted by Crippen LogP contribution is 2.23. The van der Waals surface area contributed by atoms with Crippen LogP contribution in [0.1, 0.15) is 30.6 Å². The van der Waals surface area contributed by atoms with E-state index in [-0.39, 0.29) is 16.2 Å². The number of halogens is 2. The molecule has 0 aliphatic heterocycles. The second-order valence-electron chi connectivity index (χ2n) is 4.60. The van der Waals surface area contributed by atoms with Crippen LogP contribution in [-0.4, -0.2) is 12.3 Å². The van der Waals surface area contributed by atoms with Gasteiger partial charge in [-0.05, 0) is 30.2 Å². The minimum Gasteiger partial charge on any atom is -0.330 e. The van der Waals surface area contributed by atoms with Crippen LogP contribution in [-0.2, 0) is 0 Å². The number of ketones is 1. The van der Waals surface area contributed by atoms with Gasteiger partial charge < -0.3 is 5.73 Å². The maximum Gasteiger partial charge on any atom is 0.163 e. The summed E-state index contributed by atoms with van der Waals surface area (Å²) in [5.41, 5.74) is 5.72. The molecular weight excluding hydrogens is 229 g/mol. The van der Waals surface area contributed by atoms with Crippen molar-refractivity contribution in [3.05, 3.63) is 34.6 Å². The van der Waals surface area contributed by atoms with E-state index in [1.165, 1.54) is 18.2 Å². The van der Waals surface area contributed by atoms with Gasteiger partial charge in [0.05, 0.1) is 5.02 Å². The van der Waals surface area contributed by atoms with Gasteiger partial charge >= 0.3 is 0 Å². The van der Waals surface area contributed by atoms with Crippen molar-refractivity contribution in [3.8, 4) is 0 Å². The fraction of sp³-hybridized carbons (Fsp3) is 0.417. The summed E-state index contributed by atoms with van der Waals surface area (Å²) in [6.45, 7) is 4.25. The van der Waals surface area contributed by atoms with E-state index in [1.807, 2.05) is 13.8 Å². The van der Waals surface area contributed by atoms with Gasteiger partial charge in [-0.3, -0.25) is 4.79 Å². The predicted molar refractivity (Wildman–Crippen MR) is 63.2 cm³/mol. The molecular formula is C12H15ClFNO. The summed E-state index contributed by atoms with van der Waals surface area (Å²) in [5, 5.41) is -0.0311. The highest BCUT2D eigenvalue weighted by molar-refractivity contribution is 6.31. The molecule has 0 aromatic heterocycles. The molecule has 0 heterocycles. The molecule has 0 bridgehead atoms. The van der Waals surface area contributed by atoms with E-state index in [0.29, 0.717) is 18.5 Å². The second kappa shape index (κ2) is 4.93. The smallest absolute Gasteiger partial charge is 0.163 e. The van der Waals surface area contributed by atoms with Gasteiger partial charge in [0.2, 0.25) is 0 Å². The van der Waals surface area contributed by atoms with Crippen LogP contribution in [0.2, 0.25) is 5.02 Å². The molecule has 1 aromatic carbocycles. The Morgan fingerprint density at radius 1 is 1.50 bits per heavy atom. The lowest BCUT2D eigenvalue weighted by atomic mass is 9.86. The number of Topliss-reactive ketones (excluding diaryl/α,β-unsaturated/α-hetero) is 1. The zero-order valence-corrected chi connectivity index (χ0v) is 10.1. The molecule has 1 rings (SSSR count). The number of carbonyl (C=O) groups is 1. The summed E-state index contributed by atoms with van der Waals surface area (Å²) >= 11 is 5.61. The second-order valence-corrected chi connectivity index (χ2v) is 5.00. The fourth-order valence-electron chi connectivity index (χ4n) is 1.28. The van der Waals surface area contributed by atoms with E-state index in [0.717, 1.165) is 0 Å². The number of hydrogen-bond donors (Lipinski definition) is 1. The summed E-state index contributed by atoms with van der Waals surface area (Å²) in [7, 11) is 0. The van der Waals surface area contributed by atoms with Crippen LogP contribution in [0.5, 0.6) is 0 Å². The topological polar surface area (TPSA) is 43.1 Å². The van der Waals surface area contributed by atoms with Gasteiger partial charge in [0.15, 0.2) is 5.78 Å². The molecule has 0 saturated heterocycles. The molecule has 0 amide bonds. The van der Waals surface area contributed by atoms with Gasteiger partial charge in [-0.25, -0.2) is 4.39 Å². The largest absolute Gasteiger partial charge is 0.330 e. The maximum absolute atomic E-state index is 12.9. The predicted octanol–water partition coefficient (Wildman–Crippen LogP) is 3.04. The zero-order valence-electron chi connectivity index (χ0n) is 9.39.